The molecule has 0 bridgehead atoms. The molecule has 0 fully saturated rings. The quantitative estimate of drug-likeness (QED) is 0.317. The summed E-state index contributed by atoms with van der Waals surface area (Å²) < 4.78 is 52.4. The molecule has 9 heteroatoms. The zero-order valence-electron chi connectivity index (χ0n) is 10.7. The topological polar surface area (TPSA) is 105 Å². The van der Waals surface area contributed by atoms with Gasteiger partial charge in [0.15, 0.2) is 0 Å². The van der Waals surface area contributed by atoms with E-state index in [0.29, 0.717) is 12.5 Å². The molecule has 1 unspecified atom stereocenters. The molecular weight excluding hydrogens is 292 g/mol. The molecule has 0 spiro atoms. The first kappa shape index (κ1) is 16.3. The van der Waals surface area contributed by atoms with E-state index in [1.807, 2.05) is 0 Å². The lowest BCUT2D eigenvalue weighted by Gasteiger charge is -2.16. The number of nitrogens with zero attached hydrogens (tertiary/aromatic N) is 1. The second kappa shape index (κ2) is 6.62. The molecule has 0 saturated heterocycles. The summed E-state index contributed by atoms with van der Waals surface area (Å²) in [5.74, 6) is -2.21. The molecule has 112 valence electrons. The van der Waals surface area contributed by atoms with Gasteiger partial charge in [0.25, 0.3) is 0 Å². The van der Waals surface area contributed by atoms with Crippen LogP contribution in [0.3, 0.4) is 0 Å². The molecule has 0 heterocycles. The van der Waals surface area contributed by atoms with Crippen molar-refractivity contribution in [3.05, 3.63) is 29.8 Å². The van der Waals surface area contributed by atoms with E-state index in [2.05, 4.69) is 9.88 Å². The summed E-state index contributed by atoms with van der Waals surface area (Å²) in [6.07, 6.45) is 0.313. The van der Waals surface area contributed by atoms with Crippen molar-refractivity contribution >= 4 is 15.9 Å². The first-order chi connectivity index (χ1) is 9.30. The summed E-state index contributed by atoms with van der Waals surface area (Å²) in [6.45, 7) is 1.68. The monoisotopic (exact) mass is 307 g/mol. The Morgan fingerprint density at radius 1 is 1.50 bits per heavy atom. The Bertz CT molecular complexity index is 605. The fraction of sp³-hybridized carbons (Fsp3) is 0.364. The van der Waals surface area contributed by atoms with Crippen LogP contribution in [0.15, 0.2) is 28.3 Å². The number of rotatable bonds is 6. The first-order valence-corrected chi connectivity index (χ1v) is 7.22. The maximum Gasteiger partial charge on any atom is 0.243 e. The molecule has 0 radical (unpaired) electrons. The standard InChI is InChI=1S/C11H15F2N3O3S/c1-2-8(6-11(14)15-17)16-20(18,19)10-4-3-7(12)5-9(10)13/h3-5,8,16-17H,2,6H2,1H3,(H2,14,15). The molecule has 0 aromatic heterocycles. The molecule has 0 aliphatic rings. The highest BCUT2D eigenvalue weighted by Crippen LogP contribution is 2.16. The van der Waals surface area contributed by atoms with E-state index in [1.54, 1.807) is 6.92 Å². The van der Waals surface area contributed by atoms with Crippen LogP contribution in [0.4, 0.5) is 8.78 Å². The van der Waals surface area contributed by atoms with Gasteiger partial charge in [0.05, 0.1) is 0 Å². The van der Waals surface area contributed by atoms with Crippen molar-refractivity contribution in [3.8, 4) is 0 Å². The lowest BCUT2D eigenvalue weighted by Crippen LogP contribution is -2.37. The molecule has 6 nitrogen and oxygen atoms in total. The number of sulfonamides is 1. The molecule has 1 rings (SSSR count). The van der Waals surface area contributed by atoms with Crippen LogP contribution in [-0.4, -0.2) is 25.5 Å². The van der Waals surface area contributed by atoms with Gasteiger partial charge < -0.3 is 10.9 Å². The Morgan fingerprint density at radius 3 is 2.65 bits per heavy atom. The smallest absolute Gasteiger partial charge is 0.243 e. The Labute approximate surface area is 115 Å². The minimum atomic E-state index is -4.16. The van der Waals surface area contributed by atoms with Crippen molar-refractivity contribution < 1.29 is 22.4 Å². The third-order valence-corrected chi connectivity index (χ3v) is 4.14. The van der Waals surface area contributed by atoms with Crippen LogP contribution in [0.5, 0.6) is 0 Å². The van der Waals surface area contributed by atoms with Gasteiger partial charge in [-0.1, -0.05) is 12.1 Å². The van der Waals surface area contributed by atoms with Crippen molar-refractivity contribution in [2.24, 2.45) is 10.9 Å². The second-order valence-corrected chi connectivity index (χ2v) is 5.78. The third kappa shape index (κ3) is 4.14. The molecule has 1 atom stereocenters. The van der Waals surface area contributed by atoms with Gasteiger partial charge in [-0.25, -0.2) is 21.9 Å². The molecule has 0 aliphatic heterocycles. The summed E-state index contributed by atoms with van der Waals surface area (Å²) in [7, 11) is -4.16. The average molecular weight is 307 g/mol. The molecule has 0 amide bonds. The van der Waals surface area contributed by atoms with E-state index in [4.69, 9.17) is 10.9 Å². The van der Waals surface area contributed by atoms with Crippen LogP contribution in [0.2, 0.25) is 0 Å². The average Bonchev–Trinajstić information content (AvgIpc) is 2.36. The fourth-order valence-electron chi connectivity index (χ4n) is 1.54. The number of nitrogens with two attached hydrogens (primary N) is 1. The zero-order chi connectivity index (χ0) is 15.3. The van der Waals surface area contributed by atoms with Gasteiger partial charge in [0, 0.05) is 18.5 Å². The predicted octanol–water partition coefficient (Wildman–Crippen LogP) is 1.16. The minimum Gasteiger partial charge on any atom is -0.409 e. The van der Waals surface area contributed by atoms with Crippen molar-refractivity contribution in [2.75, 3.05) is 0 Å². The van der Waals surface area contributed by atoms with Crippen LogP contribution in [0, 0.1) is 11.6 Å². The van der Waals surface area contributed by atoms with Crippen LogP contribution in [0.25, 0.3) is 0 Å². The number of hydrogen-bond acceptors (Lipinski definition) is 4. The Hall–Kier alpha value is -1.74. The number of nitrogens with one attached hydrogen (secondary N) is 1. The van der Waals surface area contributed by atoms with E-state index < -0.39 is 32.6 Å². The molecular formula is C11H15F2N3O3S. The summed E-state index contributed by atoms with van der Waals surface area (Å²) in [4.78, 5) is -0.656. The highest BCUT2D eigenvalue weighted by molar-refractivity contribution is 7.89. The van der Waals surface area contributed by atoms with Gasteiger partial charge >= 0.3 is 0 Å². The minimum absolute atomic E-state index is 0.0327. The van der Waals surface area contributed by atoms with Crippen LogP contribution in [-0.2, 0) is 10.0 Å². The van der Waals surface area contributed by atoms with Gasteiger partial charge in [-0.3, -0.25) is 0 Å². The van der Waals surface area contributed by atoms with Crippen molar-refractivity contribution in [3.63, 3.8) is 0 Å². The Balaban J connectivity index is 2.98. The lowest BCUT2D eigenvalue weighted by molar-refractivity contribution is 0.316. The van der Waals surface area contributed by atoms with E-state index in [9.17, 15) is 17.2 Å². The predicted molar refractivity (Wildman–Crippen MR) is 68.8 cm³/mol. The number of oxime groups is 1. The lowest BCUT2D eigenvalue weighted by atomic mass is 10.1. The largest absolute Gasteiger partial charge is 0.409 e. The first-order valence-electron chi connectivity index (χ1n) is 5.74. The van der Waals surface area contributed by atoms with Crippen molar-refractivity contribution in [1.82, 2.24) is 4.72 Å². The van der Waals surface area contributed by atoms with Crippen LogP contribution in [0.1, 0.15) is 19.8 Å². The molecule has 0 saturated carbocycles. The van der Waals surface area contributed by atoms with Crippen LogP contribution < -0.4 is 10.5 Å². The van der Waals surface area contributed by atoms with Gasteiger partial charge in [-0.15, -0.1) is 0 Å². The maximum absolute atomic E-state index is 13.5. The number of benzene rings is 1. The number of hydrogen-bond donors (Lipinski definition) is 3. The fourth-order valence-corrected chi connectivity index (χ4v) is 2.92. The SMILES string of the molecule is CCC(CC(N)=NO)NS(=O)(=O)c1ccc(F)cc1F. The zero-order valence-corrected chi connectivity index (χ0v) is 11.5. The highest BCUT2D eigenvalue weighted by atomic mass is 32.2. The Kier molecular flexibility index (Phi) is 5.40. The number of halogens is 2. The molecule has 1 aromatic rings. The highest BCUT2D eigenvalue weighted by Gasteiger charge is 2.23. The summed E-state index contributed by atoms with van der Waals surface area (Å²) in [5.41, 5.74) is 5.30. The Morgan fingerprint density at radius 2 is 2.15 bits per heavy atom. The second-order valence-electron chi connectivity index (χ2n) is 4.10. The summed E-state index contributed by atoms with van der Waals surface area (Å²) in [5, 5.41) is 11.2. The third-order valence-electron chi connectivity index (χ3n) is 2.58. The normalized spacial score (nSPS) is 14.2. The summed E-state index contributed by atoms with van der Waals surface area (Å²) in [6, 6.07) is 1.50. The molecule has 0 aliphatic carbocycles. The van der Waals surface area contributed by atoms with E-state index >= 15 is 0 Å². The van der Waals surface area contributed by atoms with Gasteiger partial charge in [-0.2, -0.15) is 0 Å². The maximum atomic E-state index is 13.5. The van der Waals surface area contributed by atoms with Crippen molar-refractivity contribution in [1.29, 1.82) is 0 Å². The van der Waals surface area contributed by atoms with E-state index in [1.165, 1.54) is 0 Å². The number of amidine groups is 1. The van der Waals surface area contributed by atoms with Gasteiger partial charge in [0.1, 0.15) is 22.4 Å². The van der Waals surface area contributed by atoms with Crippen molar-refractivity contribution in [2.45, 2.75) is 30.7 Å². The van der Waals surface area contributed by atoms with Crippen LogP contribution >= 0.6 is 0 Å². The van der Waals surface area contributed by atoms with E-state index in [-0.39, 0.29) is 12.3 Å². The molecule has 1 aromatic carbocycles. The van der Waals surface area contributed by atoms with Gasteiger partial charge in [0.2, 0.25) is 10.0 Å². The van der Waals surface area contributed by atoms with Gasteiger partial charge in [-0.05, 0) is 18.6 Å². The molecule has 4 N–H and O–H groups in total. The molecule has 20 heavy (non-hydrogen) atoms. The van der Waals surface area contributed by atoms with E-state index in [0.717, 1.165) is 12.1 Å². The summed E-state index contributed by atoms with van der Waals surface area (Å²) >= 11 is 0.